The number of likely N-dealkylation sites (tertiary alicyclic amines) is 1. The van der Waals surface area contributed by atoms with Crippen molar-refractivity contribution in [1.82, 2.24) is 20.9 Å². The highest BCUT2D eigenvalue weighted by molar-refractivity contribution is 6.28. The van der Waals surface area contributed by atoms with Gasteiger partial charge in [-0.15, -0.1) is 13.2 Å². The minimum absolute atomic E-state index is 0.0666. The molecule has 1 saturated heterocycles. The molecule has 1 aromatic rings. The summed E-state index contributed by atoms with van der Waals surface area (Å²) in [7, 11) is 0. The van der Waals surface area contributed by atoms with Crippen LogP contribution in [0.15, 0.2) is 74.4 Å². The van der Waals surface area contributed by atoms with Crippen molar-refractivity contribution in [3.63, 3.8) is 0 Å². The maximum atomic E-state index is 13.8. The van der Waals surface area contributed by atoms with Gasteiger partial charge in [0, 0.05) is 13.1 Å². The Morgan fingerprint density at radius 3 is 1.95 bits per heavy atom. The van der Waals surface area contributed by atoms with Crippen molar-refractivity contribution >= 4 is 35.9 Å². The lowest BCUT2D eigenvalue weighted by molar-refractivity contribution is -0.142. The topological polar surface area (TPSA) is 177 Å². The smallest absolute Gasteiger partial charge is 0.408 e. The van der Waals surface area contributed by atoms with Gasteiger partial charge in [-0.2, -0.15) is 0 Å². The molecule has 0 radical (unpaired) electrons. The lowest BCUT2D eigenvalue weighted by atomic mass is 9.95. The monoisotopic (exact) mass is 784 g/mol. The molecule has 56 heavy (non-hydrogen) atoms. The number of carbonyl (C=O) groups is 6. The van der Waals surface area contributed by atoms with Crippen LogP contribution in [0.5, 0.6) is 0 Å². The fourth-order valence-electron chi connectivity index (χ4n) is 5.41. The summed E-state index contributed by atoms with van der Waals surface area (Å²) in [6.07, 6.45) is 11.4. The summed E-state index contributed by atoms with van der Waals surface area (Å²) in [6, 6.07) is 5.20. The number of hydrogen-bond acceptors (Lipinski definition) is 8. The van der Waals surface area contributed by atoms with Gasteiger partial charge in [-0.1, -0.05) is 103 Å². The number of allylic oxidation sites excluding steroid dienone is 3. The molecule has 1 aromatic carbocycles. The standard InChI is InChI=1S/C27H35N3O6.C6H12N2O.C5H8.3C2H6/c1-5-9-20(22(32)16-31)28-24(33)21-12-8-13-30(21)25(34)23(29-26(35)36-27(2,3)4)19-14-17-10-6-7-11-18(17)15-19;1-2-3-4-8-6(9)5-7;1-3-5-4-2;3*1-2/h5-7,10-11,16,19-21,23H,1,8-9,12-15H2,2-4H3,(H,28,33)(H,29,35);2H,1,3-5,7H2,(H,8,9);3-5H,1H2,2H3;3*1-2H3/b;;5-4-;;;. The van der Waals surface area contributed by atoms with Gasteiger partial charge in [0.25, 0.3) is 0 Å². The zero-order chi connectivity index (χ0) is 43.7. The minimum atomic E-state index is -1.02. The molecular formula is C44H73N5O7. The van der Waals surface area contributed by atoms with Crippen molar-refractivity contribution in [3.8, 4) is 0 Å². The largest absolute Gasteiger partial charge is 0.444 e. The Morgan fingerprint density at radius 2 is 1.52 bits per heavy atom. The summed E-state index contributed by atoms with van der Waals surface area (Å²) in [4.78, 5) is 74.4. The first-order valence-corrected chi connectivity index (χ1v) is 19.8. The van der Waals surface area contributed by atoms with Gasteiger partial charge in [0.2, 0.25) is 23.5 Å². The number of fused-ring (bicyclic) bond motifs is 1. The molecule has 316 valence electrons. The van der Waals surface area contributed by atoms with Crippen LogP contribution < -0.4 is 21.7 Å². The molecule has 5 N–H and O–H groups in total. The molecule has 4 amide bonds. The molecule has 3 rings (SSSR count). The molecule has 0 bridgehead atoms. The van der Waals surface area contributed by atoms with E-state index in [1.807, 2.05) is 84.9 Å². The molecular weight excluding hydrogens is 711 g/mol. The van der Waals surface area contributed by atoms with Crippen molar-refractivity contribution in [1.29, 1.82) is 0 Å². The summed E-state index contributed by atoms with van der Waals surface area (Å²) in [5.41, 5.74) is 6.53. The molecule has 0 saturated carbocycles. The Balaban J connectivity index is -0.00000117. The quantitative estimate of drug-likeness (QED) is 0.0538. The molecule has 1 aliphatic carbocycles. The third-order valence-electron chi connectivity index (χ3n) is 7.69. The number of nitrogens with one attached hydrogen (secondary N) is 3. The predicted octanol–water partition coefficient (Wildman–Crippen LogP) is 6.58. The van der Waals surface area contributed by atoms with Gasteiger partial charge >= 0.3 is 6.09 Å². The Hall–Kier alpha value is -4.84. The normalized spacial score (nSPS) is 14.8. The number of nitrogens with zero attached hydrogens (tertiary/aromatic N) is 1. The van der Waals surface area contributed by atoms with E-state index in [0.717, 1.165) is 17.5 Å². The Bertz CT molecular complexity index is 1340. The molecule has 2 aliphatic rings. The highest BCUT2D eigenvalue weighted by Crippen LogP contribution is 2.31. The number of benzene rings is 1. The first kappa shape index (κ1) is 55.5. The van der Waals surface area contributed by atoms with Crippen LogP contribution in [0.25, 0.3) is 0 Å². The van der Waals surface area contributed by atoms with Crippen molar-refractivity contribution in [2.24, 2.45) is 11.7 Å². The number of hydrogen-bond donors (Lipinski definition) is 4. The Kier molecular flexibility index (Phi) is 33.2. The van der Waals surface area contributed by atoms with E-state index in [0.29, 0.717) is 38.8 Å². The number of nitrogens with two attached hydrogens (primary N) is 1. The fourth-order valence-corrected chi connectivity index (χ4v) is 5.41. The average Bonchev–Trinajstić information content (AvgIpc) is 3.87. The first-order valence-electron chi connectivity index (χ1n) is 19.8. The summed E-state index contributed by atoms with van der Waals surface area (Å²) >= 11 is 0. The van der Waals surface area contributed by atoms with E-state index in [-0.39, 0.29) is 37.0 Å². The molecule has 1 heterocycles. The number of ether oxygens (including phenoxy) is 1. The van der Waals surface area contributed by atoms with Crippen molar-refractivity contribution in [2.75, 3.05) is 19.6 Å². The Morgan fingerprint density at radius 1 is 0.946 bits per heavy atom. The van der Waals surface area contributed by atoms with Crippen LogP contribution in [-0.4, -0.2) is 84.1 Å². The first-order chi connectivity index (χ1) is 26.8. The highest BCUT2D eigenvalue weighted by Gasteiger charge is 2.43. The summed E-state index contributed by atoms with van der Waals surface area (Å²) < 4.78 is 5.43. The number of ketones is 1. The van der Waals surface area contributed by atoms with Gasteiger partial charge < -0.3 is 31.3 Å². The lowest BCUT2D eigenvalue weighted by Crippen LogP contribution is -2.57. The maximum absolute atomic E-state index is 13.8. The zero-order valence-electron chi connectivity index (χ0n) is 36.0. The van der Waals surface area contributed by atoms with Gasteiger partial charge in [0.1, 0.15) is 17.7 Å². The van der Waals surface area contributed by atoms with Crippen LogP contribution in [0.4, 0.5) is 4.79 Å². The third kappa shape index (κ3) is 22.5. The SMILES string of the molecule is C=C/C=C\C.C=CCC(NC(=O)C1CCCN1C(=O)C(NC(=O)OC(C)(C)C)C1Cc2ccccc2C1)C(=O)C=O.C=CCCNC(=O)CN.CC.CC.CC. The van der Waals surface area contributed by atoms with Gasteiger partial charge in [0.15, 0.2) is 6.29 Å². The van der Waals surface area contributed by atoms with Crippen LogP contribution >= 0.6 is 0 Å². The summed E-state index contributed by atoms with van der Waals surface area (Å²) in [6.45, 7) is 30.8. The zero-order valence-corrected chi connectivity index (χ0v) is 36.0. The molecule has 1 fully saturated rings. The summed E-state index contributed by atoms with van der Waals surface area (Å²) in [5.74, 6) is -1.94. The fraction of sp³-hybridized carbons (Fsp3) is 0.545. The second-order valence-electron chi connectivity index (χ2n) is 12.7. The van der Waals surface area contributed by atoms with E-state index in [2.05, 4.69) is 35.7 Å². The van der Waals surface area contributed by atoms with Crippen molar-refractivity contribution in [2.45, 2.75) is 131 Å². The molecule has 0 spiro atoms. The van der Waals surface area contributed by atoms with E-state index in [4.69, 9.17) is 10.5 Å². The van der Waals surface area contributed by atoms with Crippen LogP contribution in [0.1, 0.15) is 106 Å². The number of aldehydes is 1. The molecule has 1 aliphatic heterocycles. The number of Topliss-reactive ketones (excluding diaryl/α,β-unsaturated/α-hetero) is 1. The second-order valence-corrected chi connectivity index (χ2v) is 12.7. The van der Waals surface area contributed by atoms with E-state index >= 15 is 0 Å². The molecule has 12 nitrogen and oxygen atoms in total. The van der Waals surface area contributed by atoms with Gasteiger partial charge in [0.05, 0.1) is 12.6 Å². The van der Waals surface area contributed by atoms with Gasteiger partial charge in [-0.25, -0.2) is 4.79 Å². The van der Waals surface area contributed by atoms with Crippen LogP contribution in [0.3, 0.4) is 0 Å². The number of alkyl carbamates (subject to hydrolysis) is 1. The molecule has 3 unspecified atom stereocenters. The number of amides is 4. The predicted molar refractivity (Wildman–Crippen MR) is 229 cm³/mol. The molecule has 0 aromatic heterocycles. The van der Waals surface area contributed by atoms with Crippen LogP contribution in [-0.2, 0) is 41.6 Å². The molecule has 3 atom stereocenters. The van der Waals surface area contributed by atoms with E-state index < -0.39 is 41.5 Å². The number of carbonyl (C=O) groups excluding carboxylic acids is 6. The van der Waals surface area contributed by atoms with Crippen LogP contribution in [0.2, 0.25) is 0 Å². The Labute approximate surface area is 337 Å². The van der Waals surface area contributed by atoms with Crippen molar-refractivity contribution in [3.05, 3.63) is 85.5 Å². The van der Waals surface area contributed by atoms with E-state index in [1.54, 1.807) is 32.9 Å². The van der Waals surface area contributed by atoms with Crippen LogP contribution in [0, 0.1) is 5.92 Å². The third-order valence-corrected chi connectivity index (χ3v) is 7.69. The lowest BCUT2D eigenvalue weighted by Gasteiger charge is -2.32. The van der Waals surface area contributed by atoms with Gasteiger partial charge in [-0.3, -0.25) is 24.0 Å². The summed E-state index contributed by atoms with van der Waals surface area (Å²) in [5, 5.41) is 7.97. The molecule has 12 heteroatoms. The maximum Gasteiger partial charge on any atom is 0.408 e. The van der Waals surface area contributed by atoms with E-state index in [1.165, 1.54) is 11.0 Å². The van der Waals surface area contributed by atoms with Gasteiger partial charge in [-0.05, 0) is 83.3 Å². The highest BCUT2D eigenvalue weighted by atomic mass is 16.6. The van der Waals surface area contributed by atoms with Crippen molar-refractivity contribution < 1.29 is 33.5 Å². The second kappa shape index (κ2) is 33.5. The number of rotatable bonds is 14. The minimum Gasteiger partial charge on any atom is -0.444 e. The average molecular weight is 784 g/mol. The van der Waals surface area contributed by atoms with E-state index in [9.17, 15) is 28.8 Å².